The van der Waals surface area contributed by atoms with Gasteiger partial charge < -0.3 is 5.32 Å². The van der Waals surface area contributed by atoms with Crippen LogP contribution in [0.15, 0.2) is 30.3 Å². The first-order valence-electron chi connectivity index (χ1n) is 7.69. The lowest BCUT2D eigenvalue weighted by Gasteiger charge is -2.19. The second-order valence-corrected chi connectivity index (χ2v) is 7.33. The van der Waals surface area contributed by atoms with E-state index in [1.54, 1.807) is 0 Å². The predicted octanol–water partition coefficient (Wildman–Crippen LogP) is 1.80. The lowest BCUT2D eigenvalue weighted by atomic mass is 10.1. The molecule has 0 aliphatic carbocycles. The molecular formula is C16H26N2O3S. The van der Waals surface area contributed by atoms with Gasteiger partial charge in [0.1, 0.15) is 0 Å². The largest absolute Gasteiger partial charge is 0.356 e. The normalized spacial score (nSPS) is 11.6. The van der Waals surface area contributed by atoms with Gasteiger partial charge in [0.15, 0.2) is 0 Å². The van der Waals surface area contributed by atoms with Crippen LogP contribution in [0.25, 0.3) is 0 Å². The van der Waals surface area contributed by atoms with Crippen molar-refractivity contribution >= 4 is 15.9 Å². The Morgan fingerprint density at radius 1 is 1.18 bits per heavy atom. The zero-order valence-electron chi connectivity index (χ0n) is 13.4. The summed E-state index contributed by atoms with van der Waals surface area (Å²) in [7, 11) is -3.28. The third kappa shape index (κ3) is 7.56. The van der Waals surface area contributed by atoms with Crippen LogP contribution in [0.1, 0.15) is 31.7 Å². The van der Waals surface area contributed by atoms with Crippen LogP contribution in [0.4, 0.5) is 0 Å². The highest BCUT2D eigenvalue weighted by Gasteiger charge is 2.17. The molecule has 0 atom stereocenters. The van der Waals surface area contributed by atoms with Crippen molar-refractivity contribution in [3.63, 3.8) is 0 Å². The van der Waals surface area contributed by atoms with Crippen LogP contribution in [0.5, 0.6) is 0 Å². The third-order valence-electron chi connectivity index (χ3n) is 3.35. The van der Waals surface area contributed by atoms with Gasteiger partial charge in [-0.1, -0.05) is 37.3 Å². The summed E-state index contributed by atoms with van der Waals surface area (Å²) in [5.41, 5.74) is 1.19. The minimum Gasteiger partial charge on any atom is -0.356 e. The van der Waals surface area contributed by atoms with Crippen LogP contribution in [0.3, 0.4) is 0 Å². The molecule has 1 aromatic rings. The van der Waals surface area contributed by atoms with Crippen molar-refractivity contribution in [1.29, 1.82) is 0 Å². The monoisotopic (exact) mass is 326 g/mol. The number of carbonyl (C=O) groups is 1. The van der Waals surface area contributed by atoms with Crippen molar-refractivity contribution < 1.29 is 13.2 Å². The topological polar surface area (TPSA) is 66.5 Å². The first kappa shape index (κ1) is 18.6. The van der Waals surface area contributed by atoms with Gasteiger partial charge >= 0.3 is 0 Å². The van der Waals surface area contributed by atoms with Crippen LogP contribution in [-0.2, 0) is 21.2 Å². The molecule has 0 unspecified atom stereocenters. The number of sulfonamides is 1. The lowest BCUT2D eigenvalue weighted by molar-refractivity contribution is -0.121. The number of hydrogen-bond acceptors (Lipinski definition) is 3. The number of amides is 1. The van der Waals surface area contributed by atoms with E-state index >= 15 is 0 Å². The Labute approximate surface area is 133 Å². The molecule has 0 aromatic heterocycles. The maximum Gasteiger partial charge on any atom is 0.221 e. The molecule has 0 bridgehead atoms. The number of nitrogens with zero attached hydrogens (tertiary/aromatic N) is 1. The highest BCUT2D eigenvalue weighted by molar-refractivity contribution is 7.88. The van der Waals surface area contributed by atoms with E-state index in [-0.39, 0.29) is 18.9 Å². The van der Waals surface area contributed by atoms with Gasteiger partial charge in [0.2, 0.25) is 15.9 Å². The molecule has 1 aromatic carbocycles. The highest BCUT2D eigenvalue weighted by atomic mass is 32.2. The second kappa shape index (κ2) is 9.58. The zero-order valence-corrected chi connectivity index (χ0v) is 14.2. The van der Waals surface area contributed by atoms with Gasteiger partial charge in [-0.2, -0.15) is 0 Å². The SMILES string of the molecule is CCCNC(=O)CCN(CCCc1ccccc1)S(C)(=O)=O. The fourth-order valence-corrected chi connectivity index (χ4v) is 3.01. The van der Waals surface area contributed by atoms with Gasteiger partial charge in [-0.15, -0.1) is 0 Å². The van der Waals surface area contributed by atoms with E-state index in [2.05, 4.69) is 5.32 Å². The van der Waals surface area contributed by atoms with Crippen molar-refractivity contribution in [3.8, 4) is 0 Å². The molecule has 0 radical (unpaired) electrons. The van der Waals surface area contributed by atoms with Crippen molar-refractivity contribution in [2.45, 2.75) is 32.6 Å². The standard InChI is InChI=1S/C16H26N2O3S/c1-3-12-17-16(19)11-14-18(22(2,20)21)13-7-10-15-8-5-4-6-9-15/h4-6,8-9H,3,7,10-14H2,1-2H3,(H,17,19). The minimum atomic E-state index is -3.28. The molecule has 5 nitrogen and oxygen atoms in total. The minimum absolute atomic E-state index is 0.0986. The smallest absolute Gasteiger partial charge is 0.221 e. The Morgan fingerprint density at radius 2 is 1.86 bits per heavy atom. The summed E-state index contributed by atoms with van der Waals surface area (Å²) >= 11 is 0. The predicted molar refractivity (Wildman–Crippen MR) is 89.1 cm³/mol. The van der Waals surface area contributed by atoms with Gasteiger partial charge in [0, 0.05) is 26.1 Å². The Hall–Kier alpha value is -1.40. The van der Waals surface area contributed by atoms with E-state index in [4.69, 9.17) is 0 Å². The summed E-state index contributed by atoms with van der Waals surface area (Å²) < 4.78 is 25.0. The second-order valence-electron chi connectivity index (χ2n) is 5.35. The molecule has 0 aliphatic heterocycles. The molecule has 0 heterocycles. The molecule has 0 saturated carbocycles. The van der Waals surface area contributed by atoms with Gasteiger partial charge in [0.25, 0.3) is 0 Å². The quantitative estimate of drug-likeness (QED) is 0.713. The fourth-order valence-electron chi connectivity index (χ4n) is 2.13. The molecule has 0 fully saturated rings. The molecule has 124 valence electrons. The average molecular weight is 326 g/mol. The van der Waals surface area contributed by atoms with Crippen LogP contribution in [0.2, 0.25) is 0 Å². The van der Waals surface area contributed by atoms with E-state index in [0.717, 1.165) is 19.3 Å². The summed E-state index contributed by atoms with van der Waals surface area (Å²) in [6.45, 7) is 3.29. The van der Waals surface area contributed by atoms with Crippen LogP contribution < -0.4 is 5.32 Å². The van der Waals surface area contributed by atoms with Crippen LogP contribution in [-0.4, -0.2) is 44.5 Å². The fraction of sp³-hybridized carbons (Fsp3) is 0.562. The van der Waals surface area contributed by atoms with Crippen molar-refractivity contribution in [1.82, 2.24) is 9.62 Å². The van der Waals surface area contributed by atoms with Crippen molar-refractivity contribution in [2.75, 3.05) is 25.9 Å². The summed E-state index contributed by atoms with van der Waals surface area (Å²) in [5.74, 6) is -0.0986. The number of hydrogen-bond donors (Lipinski definition) is 1. The molecule has 0 aliphatic rings. The van der Waals surface area contributed by atoms with E-state index in [1.165, 1.54) is 16.1 Å². The molecule has 0 spiro atoms. The summed E-state index contributed by atoms with van der Waals surface area (Å²) in [6.07, 6.45) is 3.85. The Balaban J connectivity index is 2.43. The van der Waals surface area contributed by atoms with E-state index < -0.39 is 10.0 Å². The number of benzene rings is 1. The summed E-state index contributed by atoms with van der Waals surface area (Å²) in [6, 6.07) is 9.97. The van der Waals surface area contributed by atoms with Gasteiger partial charge in [0.05, 0.1) is 6.26 Å². The molecule has 1 N–H and O–H groups in total. The highest BCUT2D eigenvalue weighted by Crippen LogP contribution is 2.06. The number of rotatable bonds is 10. The molecule has 0 saturated heterocycles. The van der Waals surface area contributed by atoms with E-state index in [9.17, 15) is 13.2 Å². The third-order valence-corrected chi connectivity index (χ3v) is 4.65. The van der Waals surface area contributed by atoms with Crippen LogP contribution >= 0.6 is 0 Å². The Bertz CT molecular complexity index is 544. The first-order valence-corrected chi connectivity index (χ1v) is 9.54. The number of nitrogens with one attached hydrogen (secondary N) is 1. The summed E-state index contributed by atoms with van der Waals surface area (Å²) in [4.78, 5) is 11.6. The zero-order chi connectivity index (χ0) is 16.4. The number of aryl methyl sites for hydroxylation is 1. The van der Waals surface area contributed by atoms with E-state index in [1.807, 2.05) is 37.3 Å². The van der Waals surface area contributed by atoms with Crippen LogP contribution in [0, 0.1) is 0 Å². The molecule has 6 heteroatoms. The molecular weight excluding hydrogens is 300 g/mol. The molecule has 1 rings (SSSR count). The van der Waals surface area contributed by atoms with Crippen molar-refractivity contribution in [2.24, 2.45) is 0 Å². The average Bonchev–Trinajstić information content (AvgIpc) is 2.48. The summed E-state index contributed by atoms with van der Waals surface area (Å²) in [5, 5.41) is 2.76. The Kier molecular flexibility index (Phi) is 8.12. The first-order chi connectivity index (χ1) is 10.4. The number of carbonyl (C=O) groups excluding carboxylic acids is 1. The molecule has 22 heavy (non-hydrogen) atoms. The van der Waals surface area contributed by atoms with Crippen molar-refractivity contribution in [3.05, 3.63) is 35.9 Å². The van der Waals surface area contributed by atoms with E-state index in [0.29, 0.717) is 13.1 Å². The Morgan fingerprint density at radius 3 is 2.45 bits per heavy atom. The van der Waals surface area contributed by atoms with Gasteiger partial charge in [-0.25, -0.2) is 12.7 Å². The molecule has 1 amide bonds. The van der Waals surface area contributed by atoms with Gasteiger partial charge in [-0.3, -0.25) is 4.79 Å². The maximum atomic E-state index is 11.8. The lowest BCUT2D eigenvalue weighted by Crippen LogP contribution is -2.35. The van der Waals surface area contributed by atoms with Gasteiger partial charge in [-0.05, 0) is 24.8 Å². The maximum absolute atomic E-state index is 11.8.